The predicted molar refractivity (Wildman–Crippen MR) is 241 cm³/mol. The van der Waals surface area contributed by atoms with Gasteiger partial charge in [0.2, 0.25) is 5.91 Å². The van der Waals surface area contributed by atoms with Crippen molar-refractivity contribution in [3.05, 3.63) is 101 Å². The van der Waals surface area contributed by atoms with E-state index >= 15 is 0 Å². The highest BCUT2D eigenvalue weighted by Crippen LogP contribution is 2.34. The predicted octanol–water partition coefficient (Wildman–Crippen LogP) is 7.46. The van der Waals surface area contributed by atoms with Crippen molar-refractivity contribution in [3.63, 3.8) is 0 Å². The number of fused-ring (bicyclic) bond motifs is 1. The molecule has 0 atom stereocenters. The van der Waals surface area contributed by atoms with Crippen LogP contribution < -0.4 is 20.4 Å². The molecule has 3 saturated heterocycles. The molecule has 4 aromatic heterocycles. The van der Waals surface area contributed by atoms with E-state index in [1.54, 1.807) is 4.90 Å². The fourth-order valence-corrected chi connectivity index (χ4v) is 9.10. The number of hydrogen-bond acceptors (Lipinski definition) is 11. The van der Waals surface area contributed by atoms with E-state index in [-0.39, 0.29) is 23.2 Å². The van der Waals surface area contributed by atoms with E-state index in [2.05, 4.69) is 82.2 Å². The molecule has 2 aromatic carbocycles. The summed E-state index contributed by atoms with van der Waals surface area (Å²) in [6.45, 7) is 16.1. The second-order valence-electron chi connectivity index (χ2n) is 18.4. The maximum absolute atomic E-state index is 12.7. The van der Waals surface area contributed by atoms with Crippen LogP contribution in [0.3, 0.4) is 0 Å². The number of amides is 4. The number of H-pyrrole nitrogens is 1. The number of anilines is 2. The highest BCUT2D eigenvalue weighted by Gasteiger charge is 2.29. The molecule has 15 heteroatoms. The van der Waals surface area contributed by atoms with E-state index in [1.165, 1.54) is 5.69 Å². The average Bonchev–Trinajstić information content (AvgIpc) is 3.96. The van der Waals surface area contributed by atoms with E-state index in [0.29, 0.717) is 42.8 Å². The van der Waals surface area contributed by atoms with Crippen molar-refractivity contribution in [2.45, 2.75) is 84.6 Å². The molecule has 0 spiro atoms. The van der Waals surface area contributed by atoms with Crippen LogP contribution in [0.15, 0.2) is 71.5 Å². The van der Waals surface area contributed by atoms with Crippen molar-refractivity contribution < 1.29 is 18.9 Å². The van der Waals surface area contributed by atoms with Crippen LogP contribution >= 0.6 is 0 Å². The van der Waals surface area contributed by atoms with Gasteiger partial charge in [-0.2, -0.15) is 10.1 Å². The van der Waals surface area contributed by atoms with Gasteiger partial charge in [-0.1, -0.05) is 44.1 Å². The molecular weight excluding hydrogens is 795 g/mol. The summed E-state index contributed by atoms with van der Waals surface area (Å²) >= 11 is 0. The first-order chi connectivity index (χ1) is 30.4. The zero-order valence-electron chi connectivity index (χ0n) is 36.7. The Morgan fingerprint density at radius 1 is 0.857 bits per heavy atom. The molecule has 3 N–H and O–H groups in total. The number of nitrogens with zero attached hydrogens (tertiary/aromatic N) is 8. The van der Waals surface area contributed by atoms with Crippen LogP contribution in [-0.4, -0.2) is 92.3 Å². The van der Waals surface area contributed by atoms with Crippen molar-refractivity contribution >= 4 is 40.3 Å². The first-order valence-corrected chi connectivity index (χ1v) is 22.1. The van der Waals surface area contributed by atoms with E-state index < -0.39 is 5.91 Å². The molecule has 15 nitrogen and oxygen atoms in total. The number of nitrogens with one attached hydrogen (secondary N) is 3. The van der Waals surface area contributed by atoms with Crippen molar-refractivity contribution in [1.82, 2.24) is 45.8 Å². The molecule has 3 aliphatic heterocycles. The Bertz CT molecular complexity index is 2650. The average molecular weight is 850 g/mol. The van der Waals surface area contributed by atoms with Gasteiger partial charge in [-0.25, -0.2) is 9.78 Å². The number of carbonyl (C=O) groups excluding carboxylic acids is 3. The Balaban J connectivity index is 0.762. The van der Waals surface area contributed by atoms with Gasteiger partial charge in [-0.15, -0.1) is 0 Å². The number of piperidine rings is 2. The second-order valence-corrected chi connectivity index (χ2v) is 18.4. The zero-order chi connectivity index (χ0) is 43.8. The van der Waals surface area contributed by atoms with E-state index in [0.717, 1.165) is 114 Å². The maximum Gasteiger partial charge on any atom is 0.328 e. The van der Waals surface area contributed by atoms with Crippen molar-refractivity contribution in [1.29, 1.82) is 0 Å². The number of likely N-dealkylation sites (tertiary alicyclic amines) is 1. The smallest absolute Gasteiger partial charge is 0.328 e. The fourth-order valence-electron chi connectivity index (χ4n) is 9.10. The summed E-state index contributed by atoms with van der Waals surface area (Å²) < 4.78 is 5.20. The fraction of sp³-hybridized carbons (Fsp3) is 0.417. The molecule has 0 saturated carbocycles. The van der Waals surface area contributed by atoms with Gasteiger partial charge in [-0.05, 0) is 112 Å². The highest BCUT2D eigenvalue weighted by atomic mass is 16.5. The monoisotopic (exact) mass is 849 g/mol. The van der Waals surface area contributed by atoms with Gasteiger partial charge in [0.1, 0.15) is 0 Å². The zero-order valence-corrected chi connectivity index (χ0v) is 36.7. The molecular formula is C48H55N11O4. The van der Waals surface area contributed by atoms with Crippen LogP contribution in [0.25, 0.3) is 33.4 Å². The lowest BCUT2D eigenvalue weighted by Crippen LogP contribution is -2.49. The minimum Gasteiger partial charge on any atom is -0.372 e. The maximum atomic E-state index is 12.7. The van der Waals surface area contributed by atoms with Crippen LogP contribution in [0.4, 0.5) is 16.2 Å². The van der Waals surface area contributed by atoms with Gasteiger partial charge < -0.3 is 19.6 Å². The van der Waals surface area contributed by atoms with Crippen LogP contribution in [0.5, 0.6) is 0 Å². The molecule has 0 unspecified atom stereocenters. The molecule has 4 amide bonds. The standard InChI is InChI=1S/C48H55N11O4/c1-29-22-33(6-7-34(29)25-51-44(61)45-53-46(56-63-45)48(3,4)5)42-38-24-36(27-50-43(38)55-54-42)35-8-10-39(49-26-35)32-14-17-57(18-15-32)28-31-12-19-58(20-13-31)37-9-11-40(30(2)23-37)59-21-16-41(60)52-47(59)62/h6-11,22-24,26-27,31-32H,12-21,25,28H2,1-5H3,(H,51,61)(H,50,54,55)(H,52,60,62). The third-order valence-corrected chi connectivity index (χ3v) is 12.9. The Hall–Kier alpha value is -6.48. The molecule has 3 aliphatic rings. The third kappa shape index (κ3) is 9.06. The quantitative estimate of drug-likeness (QED) is 0.125. The summed E-state index contributed by atoms with van der Waals surface area (Å²) in [5.41, 5.74) is 10.4. The van der Waals surface area contributed by atoms with Crippen molar-refractivity contribution in [3.8, 4) is 22.4 Å². The molecule has 63 heavy (non-hydrogen) atoms. The molecule has 7 heterocycles. The van der Waals surface area contributed by atoms with Gasteiger partial charge in [-0.3, -0.25) is 29.9 Å². The van der Waals surface area contributed by atoms with E-state index in [1.807, 2.05) is 65.2 Å². The number of carbonyl (C=O) groups is 3. The van der Waals surface area contributed by atoms with Crippen molar-refractivity contribution in [2.24, 2.45) is 5.92 Å². The second kappa shape index (κ2) is 17.4. The normalized spacial score (nSPS) is 17.1. The highest BCUT2D eigenvalue weighted by molar-refractivity contribution is 6.06. The summed E-state index contributed by atoms with van der Waals surface area (Å²) in [6.07, 6.45) is 8.70. The first kappa shape index (κ1) is 41.9. The first-order valence-electron chi connectivity index (χ1n) is 22.1. The number of imide groups is 1. The molecule has 326 valence electrons. The summed E-state index contributed by atoms with van der Waals surface area (Å²) in [6, 6.07) is 18.6. The molecule has 0 radical (unpaired) electrons. The van der Waals surface area contributed by atoms with Crippen LogP contribution in [-0.2, 0) is 16.8 Å². The number of rotatable bonds is 10. The number of aryl methyl sites for hydroxylation is 2. The molecule has 0 aliphatic carbocycles. The minimum absolute atomic E-state index is 0.0441. The lowest BCUT2D eigenvalue weighted by Gasteiger charge is -2.38. The van der Waals surface area contributed by atoms with Gasteiger partial charge >= 0.3 is 17.8 Å². The molecule has 3 fully saturated rings. The SMILES string of the molecule is Cc1cc(-c2[nH]nc3ncc(-c4ccc(C5CCN(CC6CCN(c7ccc(N8CCC(=O)NC8=O)c(C)c7)CC6)CC5)nc4)cc23)ccc1CNC(=O)c1nc(C(C)(C)C)no1. The Kier molecular flexibility index (Phi) is 11.5. The van der Waals surface area contributed by atoms with Gasteiger partial charge in [0.25, 0.3) is 0 Å². The minimum atomic E-state index is -0.405. The van der Waals surface area contributed by atoms with Gasteiger partial charge in [0.05, 0.1) is 5.69 Å². The Labute approximate surface area is 367 Å². The summed E-state index contributed by atoms with van der Waals surface area (Å²) in [5.74, 6) is 0.951. The number of pyridine rings is 2. The van der Waals surface area contributed by atoms with E-state index in [9.17, 15) is 14.4 Å². The molecule has 9 rings (SSSR count). The summed E-state index contributed by atoms with van der Waals surface area (Å²) in [4.78, 5) is 57.4. The van der Waals surface area contributed by atoms with Gasteiger partial charge in [0, 0.05) is 102 Å². The largest absolute Gasteiger partial charge is 0.372 e. The lowest BCUT2D eigenvalue weighted by molar-refractivity contribution is -0.120. The summed E-state index contributed by atoms with van der Waals surface area (Å²) in [5, 5.41) is 17.9. The number of hydrogen-bond donors (Lipinski definition) is 3. The molecule has 0 bridgehead atoms. The topological polar surface area (TPSA) is 178 Å². The number of benzene rings is 2. The van der Waals surface area contributed by atoms with E-state index in [4.69, 9.17) is 9.51 Å². The number of urea groups is 1. The van der Waals surface area contributed by atoms with Crippen molar-refractivity contribution in [2.75, 3.05) is 49.1 Å². The number of aromatic nitrogens is 6. The summed E-state index contributed by atoms with van der Waals surface area (Å²) in [7, 11) is 0. The molecule has 6 aromatic rings. The van der Waals surface area contributed by atoms with Crippen LogP contribution in [0.1, 0.15) is 97.7 Å². The number of aromatic amines is 1. The van der Waals surface area contributed by atoms with Crippen LogP contribution in [0, 0.1) is 19.8 Å². The lowest BCUT2D eigenvalue weighted by atomic mass is 9.90. The Morgan fingerprint density at radius 2 is 1.63 bits per heavy atom. The van der Waals surface area contributed by atoms with Crippen LogP contribution in [0.2, 0.25) is 0 Å². The van der Waals surface area contributed by atoms with Gasteiger partial charge in [0.15, 0.2) is 11.5 Å². The third-order valence-electron chi connectivity index (χ3n) is 12.9. The Morgan fingerprint density at radius 3 is 2.33 bits per heavy atom.